The van der Waals surface area contributed by atoms with Gasteiger partial charge in [-0.05, 0) is 84.8 Å². The van der Waals surface area contributed by atoms with Crippen LogP contribution in [-0.4, -0.2) is 11.6 Å². The van der Waals surface area contributed by atoms with Gasteiger partial charge in [0, 0.05) is 10.9 Å². The quantitative estimate of drug-likeness (QED) is 0.401. The fourth-order valence-corrected chi connectivity index (χ4v) is 4.42. The molecule has 2 heteroatoms. The van der Waals surface area contributed by atoms with Crippen LogP contribution in [0.5, 0.6) is 5.75 Å². The third kappa shape index (κ3) is 2.76. The molecule has 1 heterocycles. The van der Waals surface area contributed by atoms with Crippen LogP contribution in [0.3, 0.4) is 0 Å². The van der Waals surface area contributed by atoms with Gasteiger partial charge >= 0.3 is 0 Å². The van der Waals surface area contributed by atoms with Crippen molar-refractivity contribution < 1.29 is 4.74 Å². The van der Waals surface area contributed by atoms with Gasteiger partial charge in [-0.15, -0.1) is 0 Å². The first-order valence-corrected chi connectivity index (χ1v) is 9.91. The molecule has 1 aromatic heterocycles. The topological polar surface area (TPSA) is 22.1 Å². The minimum absolute atomic E-state index is 0.691. The van der Waals surface area contributed by atoms with E-state index in [9.17, 15) is 0 Å². The summed E-state index contributed by atoms with van der Waals surface area (Å²) in [6.07, 6.45) is 4.77. The van der Waals surface area contributed by atoms with Crippen molar-refractivity contribution in [3.63, 3.8) is 0 Å². The summed E-state index contributed by atoms with van der Waals surface area (Å²) in [5, 5.41) is 3.99. The molecule has 0 saturated heterocycles. The normalized spacial score (nSPS) is 13.7. The third-order valence-corrected chi connectivity index (χ3v) is 5.63. The lowest BCUT2D eigenvalue weighted by molar-refractivity contribution is 0.340. The van der Waals surface area contributed by atoms with Crippen LogP contribution in [0.25, 0.3) is 32.9 Å². The monoisotopic (exact) mass is 353 g/mol. The smallest absolute Gasteiger partial charge is 0.119 e. The van der Waals surface area contributed by atoms with Crippen molar-refractivity contribution in [2.24, 2.45) is 0 Å². The Morgan fingerprint density at radius 1 is 0.852 bits per heavy atom. The van der Waals surface area contributed by atoms with E-state index in [1.54, 1.807) is 0 Å². The van der Waals surface area contributed by atoms with Crippen molar-refractivity contribution in [3.8, 4) is 17.0 Å². The number of aryl methyl sites for hydroxylation is 1. The molecule has 4 aromatic rings. The highest BCUT2D eigenvalue weighted by atomic mass is 16.5. The van der Waals surface area contributed by atoms with Crippen LogP contribution < -0.4 is 4.74 Å². The summed E-state index contributed by atoms with van der Waals surface area (Å²) >= 11 is 0. The Morgan fingerprint density at radius 3 is 2.44 bits per heavy atom. The van der Waals surface area contributed by atoms with E-state index in [0.717, 1.165) is 29.8 Å². The maximum atomic E-state index is 5.61. The summed E-state index contributed by atoms with van der Waals surface area (Å²) in [6, 6.07) is 21.5. The second-order valence-electron chi connectivity index (χ2n) is 7.26. The Bertz CT molecular complexity index is 1130. The van der Waals surface area contributed by atoms with Gasteiger partial charge in [0.1, 0.15) is 5.75 Å². The highest BCUT2D eigenvalue weighted by molar-refractivity contribution is 6.09. The maximum absolute atomic E-state index is 5.61. The first kappa shape index (κ1) is 16.3. The van der Waals surface area contributed by atoms with E-state index >= 15 is 0 Å². The fourth-order valence-electron chi connectivity index (χ4n) is 4.42. The first-order chi connectivity index (χ1) is 13.3. The van der Waals surface area contributed by atoms with Gasteiger partial charge in [0.05, 0.1) is 17.8 Å². The van der Waals surface area contributed by atoms with Crippen molar-refractivity contribution in [1.29, 1.82) is 0 Å². The van der Waals surface area contributed by atoms with Gasteiger partial charge in [0.25, 0.3) is 0 Å². The molecule has 5 rings (SSSR count). The molecule has 0 fully saturated rings. The first-order valence-electron chi connectivity index (χ1n) is 9.91. The van der Waals surface area contributed by atoms with Crippen LogP contribution in [-0.2, 0) is 12.8 Å². The molecular formula is C25H23NO. The lowest BCUT2D eigenvalue weighted by Gasteiger charge is -2.22. The molecule has 1 aliphatic carbocycles. The van der Waals surface area contributed by atoms with Gasteiger partial charge in [-0.3, -0.25) is 0 Å². The van der Waals surface area contributed by atoms with Crippen molar-refractivity contribution in [2.45, 2.75) is 32.6 Å². The Labute approximate surface area is 159 Å². The van der Waals surface area contributed by atoms with Crippen LogP contribution in [0.2, 0.25) is 0 Å². The highest BCUT2D eigenvalue weighted by Crippen LogP contribution is 2.38. The number of fused-ring (bicyclic) bond motifs is 5. The Morgan fingerprint density at radius 2 is 1.63 bits per heavy atom. The molecule has 3 aromatic carbocycles. The number of pyridine rings is 1. The molecule has 0 radical (unpaired) electrons. The summed E-state index contributed by atoms with van der Waals surface area (Å²) in [5.74, 6) is 0.918. The lowest BCUT2D eigenvalue weighted by atomic mass is 9.85. The average Bonchev–Trinajstić information content (AvgIpc) is 2.73. The van der Waals surface area contributed by atoms with E-state index in [0.29, 0.717) is 6.61 Å². The van der Waals surface area contributed by atoms with Crippen LogP contribution in [0.1, 0.15) is 30.9 Å². The van der Waals surface area contributed by atoms with Crippen molar-refractivity contribution in [3.05, 3.63) is 71.8 Å². The van der Waals surface area contributed by atoms with E-state index in [4.69, 9.17) is 9.72 Å². The zero-order valence-electron chi connectivity index (χ0n) is 15.7. The molecule has 0 atom stereocenters. The number of benzene rings is 3. The molecule has 0 saturated carbocycles. The zero-order chi connectivity index (χ0) is 18.2. The average molecular weight is 353 g/mol. The Kier molecular flexibility index (Phi) is 4.05. The van der Waals surface area contributed by atoms with Gasteiger partial charge in [-0.1, -0.05) is 30.3 Å². The number of nitrogens with zero attached hydrogens (tertiary/aromatic N) is 1. The molecule has 1 aliphatic rings. The molecule has 134 valence electrons. The third-order valence-electron chi connectivity index (χ3n) is 5.63. The minimum Gasteiger partial charge on any atom is -0.494 e. The number of hydrogen-bond donors (Lipinski definition) is 0. The van der Waals surface area contributed by atoms with Crippen LogP contribution in [0.15, 0.2) is 60.7 Å². The van der Waals surface area contributed by atoms with E-state index in [1.807, 2.05) is 6.92 Å². The summed E-state index contributed by atoms with van der Waals surface area (Å²) < 4.78 is 5.61. The summed E-state index contributed by atoms with van der Waals surface area (Å²) in [5.41, 5.74) is 6.39. The molecule has 0 spiro atoms. The number of ether oxygens (including phenoxy) is 1. The fraction of sp³-hybridized carbons (Fsp3) is 0.240. The predicted molar refractivity (Wildman–Crippen MR) is 112 cm³/mol. The molecule has 0 bridgehead atoms. The van der Waals surface area contributed by atoms with E-state index in [2.05, 4.69) is 60.7 Å². The number of rotatable bonds is 3. The molecule has 0 N–H and O–H groups in total. The van der Waals surface area contributed by atoms with Crippen molar-refractivity contribution >= 4 is 21.7 Å². The van der Waals surface area contributed by atoms with E-state index in [-0.39, 0.29) is 0 Å². The Balaban J connectivity index is 1.77. The van der Waals surface area contributed by atoms with Crippen molar-refractivity contribution in [1.82, 2.24) is 4.98 Å². The zero-order valence-corrected chi connectivity index (χ0v) is 15.7. The number of hydrogen-bond acceptors (Lipinski definition) is 2. The van der Waals surface area contributed by atoms with Crippen molar-refractivity contribution in [2.75, 3.05) is 6.61 Å². The van der Waals surface area contributed by atoms with Crippen LogP contribution in [0.4, 0.5) is 0 Å². The lowest BCUT2D eigenvalue weighted by Crippen LogP contribution is -2.08. The molecule has 27 heavy (non-hydrogen) atoms. The molecular weight excluding hydrogens is 330 g/mol. The predicted octanol–water partition coefficient (Wildman–Crippen LogP) is 6.33. The van der Waals surface area contributed by atoms with Crippen LogP contribution in [0, 0.1) is 0 Å². The SMILES string of the molecule is CCOc1ccc(-c2nc3ccc4ccccc4c3c3c2CCCC3)cc1. The highest BCUT2D eigenvalue weighted by Gasteiger charge is 2.20. The standard InChI is InChI=1S/C25H23NO/c1-2-27-19-14-11-18(12-15-19)25-22-10-6-5-9-21(22)24-20-8-4-3-7-17(20)13-16-23(24)26-25/h3-4,7-8,11-16H,2,5-6,9-10H2,1H3. The molecule has 0 unspecified atom stereocenters. The summed E-state index contributed by atoms with van der Waals surface area (Å²) in [4.78, 5) is 5.14. The second kappa shape index (κ2) is 6.70. The molecule has 0 aliphatic heterocycles. The van der Waals surface area contributed by atoms with Gasteiger partial charge in [0.2, 0.25) is 0 Å². The van der Waals surface area contributed by atoms with Crippen LogP contribution >= 0.6 is 0 Å². The van der Waals surface area contributed by atoms with Gasteiger partial charge in [-0.25, -0.2) is 4.98 Å². The number of aromatic nitrogens is 1. The Hall–Kier alpha value is -2.87. The van der Waals surface area contributed by atoms with E-state index < -0.39 is 0 Å². The maximum Gasteiger partial charge on any atom is 0.119 e. The van der Waals surface area contributed by atoms with E-state index in [1.165, 1.54) is 45.7 Å². The van der Waals surface area contributed by atoms with Gasteiger partial charge in [-0.2, -0.15) is 0 Å². The van der Waals surface area contributed by atoms with Gasteiger partial charge in [0.15, 0.2) is 0 Å². The molecule has 2 nitrogen and oxygen atoms in total. The van der Waals surface area contributed by atoms with Gasteiger partial charge < -0.3 is 4.74 Å². The largest absolute Gasteiger partial charge is 0.494 e. The summed E-state index contributed by atoms with van der Waals surface area (Å²) in [7, 11) is 0. The molecule has 0 amide bonds. The summed E-state index contributed by atoms with van der Waals surface area (Å²) in [6.45, 7) is 2.70. The second-order valence-corrected chi connectivity index (χ2v) is 7.26. The minimum atomic E-state index is 0.691.